The van der Waals surface area contributed by atoms with Crippen LogP contribution in [0.1, 0.15) is 12.0 Å². The average Bonchev–Trinajstić information content (AvgIpc) is 2.07. The van der Waals surface area contributed by atoms with Crippen molar-refractivity contribution in [3.63, 3.8) is 0 Å². The van der Waals surface area contributed by atoms with Crippen molar-refractivity contribution in [2.75, 3.05) is 0 Å². The van der Waals surface area contributed by atoms with Gasteiger partial charge in [0.1, 0.15) is 15.2 Å². The number of aromatic nitrogens is 1. The first-order valence-electron chi connectivity index (χ1n) is 3.21. The Hall–Kier alpha value is -0.820. The van der Waals surface area contributed by atoms with Gasteiger partial charge in [-0.3, -0.25) is 10.1 Å². The standard InChI is InChI=1S/C6H2BrClF2N2O2/c7-2-1-11-5(8)3(6(9)10)4(2)12(13)14/h1,6H. The molecule has 0 spiro atoms. The van der Waals surface area contributed by atoms with Crippen molar-refractivity contribution in [1.29, 1.82) is 0 Å². The summed E-state index contributed by atoms with van der Waals surface area (Å²) in [6, 6.07) is 0. The molecule has 0 aromatic carbocycles. The van der Waals surface area contributed by atoms with Crippen LogP contribution < -0.4 is 0 Å². The molecule has 4 nitrogen and oxygen atoms in total. The Labute approximate surface area is 90.2 Å². The smallest absolute Gasteiger partial charge is 0.258 e. The highest BCUT2D eigenvalue weighted by atomic mass is 79.9. The minimum Gasteiger partial charge on any atom is -0.258 e. The number of alkyl halides is 2. The fraction of sp³-hybridized carbons (Fsp3) is 0.167. The summed E-state index contributed by atoms with van der Waals surface area (Å²) in [7, 11) is 0. The number of halogens is 4. The van der Waals surface area contributed by atoms with Crippen molar-refractivity contribution in [1.82, 2.24) is 4.98 Å². The maximum Gasteiger partial charge on any atom is 0.297 e. The van der Waals surface area contributed by atoms with Crippen LogP contribution in [0, 0.1) is 10.1 Å². The lowest BCUT2D eigenvalue weighted by Gasteiger charge is -2.04. The van der Waals surface area contributed by atoms with Gasteiger partial charge >= 0.3 is 0 Å². The molecule has 0 aliphatic rings. The van der Waals surface area contributed by atoms with E-state index in [4.69, 9.17) is 11.6 Å². The van der Waals surface area contributed by atoms with Gasteiger partial charge in [-0.05, 0) is 15.9 Å². The number of rotatable bonds is 2. The molecule has 14 heavy (non-hydrogen) atoms. The minimum atomic E-state index is -3.03. The SMILES string of the molecule is O=[N+]([O-])c1c(Br)cnc(Cl)c1C(F)F. The number of nitrogens with zero attached hydrogens (tertiary/aromatic N) is 2. The van der Waals surface area contributed by atoms with Gasteiger partial charge in [-0.25, -0.2) is 13.8 Å². The van der Waals surface area contributed by atoms with Gasteiger partial charge in [0, 0.05) is 6.20 Å². The van der Waals surface area contributed by atoms with Gasteiger partial charge in [-0.2, -0.15) is 0 Å². The zero-order valence-electron chi connectivity index (χ0n) is 6.38. The lowest BCUT2D eigenvalue weighted by atomic mass is 10.2. The van der Waals surface area contributed by atoms with E-state index in [9.17, 15) is 18.9 Å². The molecular formula is C6H2BrClF2N2O2. The highest BCUT2D eigenvalue weighted by Gasteiger charge is 2.28. The van der Waals surface area contributed by atoms with Gasteiger partial charge in [-0.15, -0.1) is 0 Å². The van der Waals surface area contributed by atoms with Crippen LogP contribution in [0.4, 0.5) is 14.5 Å². The Morgan fingerprint density at radius 3 is 2.57 bits per heavy atom. The van der Waals surface area contributed by atoms with E-state index in [-0.39, 0.29) is 4.47 Å². The maximum absolute atomic E-state index is 12.4. The van der Waals surface area contributed by atoms with Crippen LogP contribution in [-0.2, 0) is 0 Å². The highest BCUT2D eigenvalue weighted by molar-refractivity contribution is 9.10. The normalized spacial score (nSPS) is 10.6. The quantitative estimate of drug-likeness (QED) is 0.476. The van der Waals surface area contributed by atoms with Gasteiger partial charge in [0.05, 0.1) is 4.92 Å². The largest absolute Gasteiger partial charge is 0.297 e. The lowest BCUT2D eigenvalue weighted by molar-refractivity contribution is -0.387. The van der Waals surface area contributed by atoms with Gasteiger partial charge in [0.15, 0.2) is 0 Å². The molecule has 0 saturated carbocycles. The van der Waals surface area contributed by atoms with Gasteiger partial charge < -0.3 is 0 Å². The molecule has 1 heterocycles. The maximum atomic E-state index is 12.4. The number of pyridine rings is 1. The van der Waals surface area contributed by atoms with E-state index < -0.39 is 27.8 Å². The predicted octanol–water partition coefficient (Wildman–Crippen LogP) is 3.34. The third kappa shape index (κ3) is 1.98. The molecule has 0 radical (unpaired) electrons. The summed E-state index contributed by atoms with van der Waals surface area (Å²) in [5.74, 6) is 0. The topological polar surface area (TPSA) is 56.0 Å². The fourth-order valence-electron chi connectivity index (χ4n) is 0.849. The van der Waals surface area contributed by atoms with Crippen LogP contribution in [0.15, 0.2) is 10.7 Å². The van der Waals surface area contributed by atoms with Gasteiger partial charge in [-0.1, -0.05) is 11.6 Å². The molecule has 0 amide bonds. The van der Waals surface area contributed by atoms with Crippen molar-refractivity contribution in [2.24, 2.45) is 0 Å². The molecule has 1 aromatic heterocycles. The van der Waals surface area contributed by atoms with Crippen molar-refractivity contribution in [3.8, 4) is 0 Å². The molecule has 0 saturated heterocycles. The summed E-state index contributed by atoms with van der Waals surface area (Å²) < 4.78 is 24.6. The number of hydrogen-bond donors (Lipinski definition) is 0. The third-order valence-electron chi connectivity index (χ3n) is 1.40. The van der Waals surface area contributed by atoms with Crippen LogP contribution >= 0.6 is 27.5 Å². The summed E-state index contributed by atoms with van der Waals surface area (Å²) in [5, 5.41) is 9.89. The average molecular weight is 287 g/mol. The summed E-state index contributed by atoms with van der Waals surface area (Å²) in [6.07, 6.45) is -2.03. The molecule has 0 fully saturated rings. The Morgan fingerprint density at radius 1 is 1.64 bits per heavy atom. The molecule has 0 N–H and O–H groups in total. The third-order valence-corrected chi connectivity index (χ3v) is 2.28. The summed E-state index contributed by atoms with van der Waals surface area (Å²) in [5.41, 5.74) is -1.62. The highest BCUT2D eigenvalue weighted by Crippen LogP contribution is 2.38. The molecular weight excluding hydrogens is 285 g/mol. The Bertz CT molecular complexity index is 388. The van der Waals surface area contributed by atoms with Gasteiger partial charge in [0.2, 0.25) is 0 Å². The van der Waals surface area contributed by atoms with E-state index in [0.29, 0.717) is 0 Å². The van der Waals surface area contributed by atoms with Crippen LogP contribution in [0.5, 0.6) is 0 Å². The molecule has 0 aliphatic carbocycles. The van der Waals surface area contributed by atoms with Crippen LogP contribution in [0.25, 0.3) is 0 Å². The van der Waals surface area contributed by atoms with Crippen molar-refractivity contribution >= 4 is 33.2 Å². The van der Waals surface area contributed by atoms with Gasteiger partial charge in [0.25, 0.3) is 12.1 Å². The molecule has 0 atom stereocenters. The second kappa shape index (κ2) is 4.14. The molecule has 0 bridgehead atoms. The van der Waals surface area contributed by atoms with Crippen molar-refractivity contribution in [3.05, 3.63) is 31.5 Å². The zero-order chi connectivity index (χ0) is 10.9. The molecule has 0 unspecified atom stereocenters. The van der Waals surface area contributed by atoms with Crippen LogP contribution in [0.3, 0.4) is 0 Å². The first-order chi connectivity index (χ1) is 6.45. The first kappa shape index (κ1) is 11.3. The van der Waals surface area contributed by atoms with E-state index in [0.717, 1.165) is 6.20 Å². The zero-order valence-corrected chi connectivity index (χ0v) is 8.72. The fourth-order valence-corrected chi connectivity index (χ4v) is 1.53. The van der Waals surface area contributed by atoms with E-state index in [1.165, 1.54) is 0 Å². The van der Waals surface area contributed by atoms with E-state index in [1.54, 1.807) is 0 Å². The Kier molecular flexibility index (Phi) is 3.33. The predicted molar refractivity (Wildman–Crippen MR) is 48.6 cm³/mol. The molecule has 1 aromatic rings. The van der Waals surface area contributed by atoms with Crippen molar-refractivity contribution in [2.45, 2.75) is 6.43 Å². The minimum absolute atomic E-state index is 0.123. The van der Waals surface area contributed by atoms with E-state index >= 15 is 0 Å². The Morgan fingerprint density at radius 2 is 2.21 bits per heavy atom. The van der Waals surface area contributed by atoms with Crippen molar-refractivity contribution < 1.29 is 13.7 Å². The van der Waals surface area contributed by atoms with E-state index in [1.807, 2.05) is 0 Å². The van der Waals surface area contributed by atoms with Crippen LogP contribution in [0.2, 0.25) is 5.15 Å². The second-order valence-corrected chi connectivity index (χ2v) is 3.43. The summed E-state index contributed by atoms with van der Waals surface area (Å²) in [6.45, 7) is 0. The van der Waals surface area contributed by atoms with E-state index in [2.05, 4.69) is 20.9 Å². The lowest BCUT2D eigenvalue weighted by Crippen LogP contribution is -1.99. The molecule has 8 heteroatoms. The van der Waals surface area contributed by atoms with Crippen LogP contribution in [-0.4, -0.2) is 9.91 Å². The Balaban J connectivity index is 3.50. The summed E-state index contributed by atoms with van der Waals surface area (Å²) >= 11 is 8.08. The molecule has 0 aliphatic heterocycles. The number of hydrogen-bond acceptors (Lipinski definition) is 3. The summed E-state index contributed by atoms with van der Waals surface area (Å²) in [4.78, 5) is 12.9. The number of nitro groups is 1. The first-order valence-corrected chi connectivity index (χ1v) is 4.38. The second-order valence-electron chi connectivity index (χ2n) is 2.22. The molecule has 76 valence electrons. The molecule has 1 rings (SSSR count). The monoisotopic (exact) mass is 286 g/mol.